The molecule has 0 bridgehead atoms. The summed E-state index contributed by atoms with van der Waals surface area (Å²) >= 11 is 7.02. The highest BCUT2D eigenvalue weighted by Crippen LogP contribution is 2.22. The lowest BCUT2D eigenvalue weighted by Crippen LogP contribution is -2.39. The molecule has 1 aromatic rings. The van der Waals surface area contributed by atoms with Crippen molar-refractivity contribution in [2.24, 2.45) is 5.92 Å². The second-order valence-electron chi connectivity index (χ2n) is 3.49. The zero-order valence-electron chi connectivity index (χ0n) is 8.86. The van der Waals surface area contributed by atoms with Crippen LogP contribution < -0.4 is 5.32 Å². The lowest BCUT2D eigenvalue weighted by Gasteiger charge is -2.17. The molecule has 16 heavy (non-hydrogen) atoms. The number of hydrogen-bond donors (Lipinski definition) is 2. The highest BCUT2D eigenvalue weighted by Gasteiger charge is 2.22. The summed E-state index contributed by atoms with van der Waals surface area (Å²) in [4.78, 5) is 22.8. The largest absolute Gasteiger partial charge is 0.481 e. The Balaban J connectivity index is 2.65. The molecule has 88 valence electrons. The van der Waals surface area contributed by atoms with Crippen LogP contribution in [0.1, 0.15) is 23.5 Å². The molecule has 0 saturated carbocycles. The van der Waals surface area contributed by atoms with E-state index in [9.17, 15) is 9.59 Å². The molecule has 2 atom stereocenters. The van der Waals surface area contributed by atoms with E-state index in [1.165, 1.54) is 11.3 Å². The van der Waals surface area contributed by atoms with Crippen molar-refractivity contribution in [1.29, 1.82) is 0 Å². The van der Waals surface area contributed by atoms with E-state index in [-0.39, 0.29) is 5.91 Å². The van der Waals surface area contributed by atoms with Crippen molar-refractivity contribution in [2.75, 3.05) is 0 Å². The van der Waals surface area contributed by atoms with Crippen molar-refractivity contribution in [3.8, 4) is 0 Å². The highest BCUT2D eigenvalue weighted by molar-refractivity contribution is 7.12. The number of carbonyl (C=O) groups is 2. The van der Waals surface area contributed by atoms with E-state index in [1.54, 1.807) is 25.3 Å². The van der Waals surface area contributed by atoms with Crippen LogP contribution in [0.3, 0.4) is 0 Å². The van der Waals surface area contributed by atoms with Gasteiger partial charge in [0.1, 0.15) is 4.88 Å². The van der Waals surface area contributed by atoms with E-state index in [4.69, 9.17) is 16.7 Å². The Labute approximate surface area is 102 Å². The number of carboxylic acid groups (broad SMARTS) is 1. The summed E-state index contributed by atoms with van der Waals surface area (Å²) in [5.41, 5.74) is 0. The van der Waals surface area contributed by atoms with E-state index in [0.717, 1.165) is 0 Å². The lowest BCUT2D eigenvalue weighted by atomic mass is 10.0. The maximum atomic E-state index is 11.7. The Bertz CT molecular complexity index is 405. The molecule has 6 heteroatoms. The Kier molecular flexibility index (Phi) is 4.32. The summed E-state index contributed by atoms with van der Waals surface area (Å²) < 4.78 is 0. The maximum absolute atomic E-state index is 11.7. The first kappa shape index (κ1) is 13.0. The first-order valence-electron chi connectivity index (χ1n) is 4.70. The minimum atomic E-state index is -0.940. The monoisotopic (exact) mass is 261 g/mol. The lowest BCUT2D eigenvalue weighted by molar-refractivity contribution is -0.141. The molecular formula is C10H12ClNO3S. The highest BCUT2D eigenvalue weighted by atomic mass is 35.5. The number of thiophene rings is 1. The van der Waals surface area contributed by atoms with Gasteiger partial charge in [-0.05, 0) is 25.3 Å². The number of rotatable bonds is 4. The predicted octanol–water partition coefficient (Wildman–Crippen LogP) is 2.24. The molecule has 0 aliphatic heterocycles. The van der Waals surface area contributed by atoms with Gasteiger partial charge in [-0.1, -0.05) is 11.6 Å². The van der Waals surface area contributed by atoms with Gasteiger partial charge in [0, 0.05) is 6.04 Å². The van der Waals surface area contributed by atoms with Crippen LogP contribution in [0.5, 0.6) is 0 Å². The minimum absolute atomic E-state index is 0.333. The molecule has 0 radical (unpaired) electrons. The molecule has 1 aromatic heterocycles. The number of aliphatic carboxylic acids is 1. The second-order valence-corrected chi connectivity index (χ2v) is 4.81. The summed E-state index contributed by atoms with van der Waals surface area (Å²) in [5, 5.41) is 13.5. The topological polar surface area (TPSA) is 66.4 Å². The smallest absolute Gasteiger partial charge is 0.308 e. The van der Waals surface area contributed by atoms with Crippen LogP contribution in [-0.2, 0) is 4.79 Å². The van der Waals surface area contributed by atoms with Crippen molar-refractivity contribution in [3.05, 3.63) is 21.3 Å². The zero-order valence-corrected chi connectivity index (χ0v) is 10.4. The van der Waals surface area contributed by atoms with Gasteiger partial charge in [-0.3, -0.25) is 9.59 Å². The van der Waals surface area contributed by atoms with E-state index in [0.29, 0.717) is 9.90 Å². The van der Waals surface area contributed by atoms with Crippen molar-refractivity contribution in [1.82, 2.24) is 5.32 Å². The normalized spacial score (nSPS) is 14.2. The second kappa shape index (κ2) is 5.32. The molecule has 0 aliphatic rings. The van der Waals surface area contributed by atoms with Crippen molar-refractivity contribution in [3.63, 3.8) is 0 Å². The van der Waals surface area contributed by atoms with Crippen LogP contribution in [0.25, 0.3) is 0 Å². The average Bonchev–Trinajstić information content (AvgIpc) is 2.62. The SMILES string of the molecule is CC(NC(=O)c1sccc1Cl)C(C)C(=O)O. The summed E-state index contributed by atoms with van der Waals surface area (Å²) in [7, 11) is 0. The molecule has 1 amide bonds. The number of nitrogens with one attached hydrogen (secondary N) is 1. The number of hydrogen-bond acceptors (Lipinski definition) is 3. The molecule has 1 heterocycles. The van der Waals surface area contributed by atoms with Crippen LogP contribution in [-0.4, -0.2) is 23.0 Å². The van der Waals surface area contributed by atoms with Crippen LogP contribution in [0, 0.1) is 5.92 Å². The Morgan fingerprint density at radius 2 is 2.12 bits per heavy atom. The van der Waals surface area contributed by atoms with E-state index < -0.39 is 17.9 Å². The predicted molar refractivity (Wildman–Crippen MR) is 63.1 cm³/mol. The summed E-state index contributed by atoms with van der Waals surface area (Å²) in [6.07, 6.45) is 0. The number of carbonyl (C=O) groups excluding carboxylic acids is 1. The van der Waals surface area contributed by atoms with Crippen LogP contribution >= 0.6 is 22.9 Å². The van der Waals surface area contributed by atoms with Gasteiger partial charge < -0.3 is 10.4 Å². The molecule has 1 rings (SSSR count). The van der Waals surface area contributed by atoms with Gasteiger partial charge in [0.25, 0.3) is 5.91 Å². The fourth-order valence-corrected chi connectivity index (χ4v) is 2.11. The Hall–Kier alpha value is -1.07. The summed E-state index contributed by atoms with van der Waals surface area (Å²) in [6, 6.07) is 1.19. The maximum Gasteiger partial charge on any atom is 0.308 e. The molecule has 4 nitrogen and oxygen atoms in total. The number of amides is 1. The van der Waals surface area contributed by atoms with Gasteiger partial charge >= 0.3 is 5.97 Å². The van der Waals surface area contributed by atoms with E-state index >= 15 is 0 Å². The molecule has 2 N–H and O–H groups in total. The standard InChI is InChI=1S/C10H12ClNO3S/c1-5(10(14)15)6(2)12-9(13)8-7(11)3-4-16-8/h3-6H,1-2H3,(H,12,13)(H,14,15). The van der Waals surface area contributed by atoms with Gasteiger partial charge in [-0.25, -0.2) is 0 Å². The minimum Gasteiger partial charge on any atom is -0.481 e. The quantitative estimate of drug-likeness (QED) is 0.874. The van der Waals surface area contributed by atoms with Crippen LogP contribution in [0.4, 0.5) is 0 Å². The fourth-order valence-electron chi connectivity index (χ4n) is 1.07. The van der Waals surface area contributed by atoms with Crippen molar-refractivity contribution >= 4 is 34.8 Å². The molecule has 0 fully saturated rings. The van der Waals surface area contributed by atoms with Gasteiger partial charge in [-0.2, -0.15) is 0 Å². The first-order chi connectivity index (χ1) is 7.43. The van der Waals surface area contributed by atoms with Gasteiger partial charge in [0.05, 0.1) is 10.9 Å². The van der Waals surface area contributed by atoms with Gasteiger partial charge in [0.15, 0.2) is 0 Å². The molecule has 0 spiro atoms. The van der Waals surface area contributed by atoms with Crippen molar-refractivity contribution < 1.29 is 14.7 Å². The summed E-state index contributed by atoms with van der Waals surface area (Å²) in [6.45, 7) is 3.20. The third-order valence-electron chi connectivity index (χ3n) is 2.32. The average molecular weight is 262 g/mol. The molecule has 0 aliphatic carbocycles. The van der Waals surface area contributed by atoms with Crippen LogP contribution in [0.2, 0.25) is 5.02 Å². The number of carboxylic acids is 1. The van der Waals surface area contributed by atoms with Gasteiger partial charge in [0.2, 0.25) is 0 Å². The summed E-state index contributed by atoms with van der Waals surface area (Å²) in [5.74, 6) is -1.91. The first-order valence-corrected chi connectivity index (χ1v) is 5.96. The van der Waals surface area contributed by atoms with Gasteiger partial charge in [-0.15, -0.1) is 11.3 Å². The Morgan fingerprint density at radius 3 is 2.56 bits per heavy atom. The molecule has 0 saturated heterocycles. The molecule has 0 aromatic carbocycles. The Morgan fingerprint density at radius 1 is 1.50 bits per heavy atom. The van der Waals surface area contributed by atoms with E-state index in [1.807, 2.05) is 0 Å². The van der Waals surface area contributed by atoms with E-state index in [2.05, 4.69) is 5.32 Å². The fraction of sp³-hybridized carbons (Fsp3) is 0.400. The third-order valence-corrected chi connectivity index (χ3v) is 3.66. The van der Waals surface area contributed by atoms with Crippen molar-refractivity contribution in [2.45, 2.75) is 19.9 Å². The number of halogens is 1. The third kappa shape index (κ3) is 2.96. The zero-order chi connectivity index (χ0) is 12.3. The molecule has 2 unspecified atom stereocenters. The molecular weight excluding hydrogens is 250 g/mol. The van der Waals surface area contributed by atoms with Crippen LogP contribution in [0.15, 0.2) is 11.4 Å².